The maximum absolute atomic E-state index is 5.03. The monoisotopic (exact) mass is 313 g/mol. The van der Waals surface area contributed by atoms with Crippen LogP contribution in [0, 0.1) is 0 Å². The minimum absolute atomic E-state index is 0.517. The van der Waals surface area contributed by atoms with E-state index in [1.54, 1.807) is 0 Å². The Labute approximate surface area is 138 Å². The quantitative estimate of drug-likeness (QED) is 0.854. The van der Waals surface area contributed by atoms with Crippen LogP contribution in [-0.2, 0) is 0 Å². The van der Waals surface area contributed by atoms with Crippen LogP contribution in [0.4, 0.5) is 0 Å². The summed E-state index contributed by atoms with van der Waals surface area (Å²) in [6.07, 6.45) is 6.84. The van der Waals surface area contributed by atoms with E-state index in [0.29, 0.717) is 12.0 Å². The van der Waals surface area contributed by atoms with Gasteiger partial charge in [-0.3, -0.25) is 0 Å². The fourth-order valence-electron chi connectivity index (χ4n) is 4.21. The molecule has 2 saturated heterocycles. The van der Waals surface area contributed by atoms with Crippen LogP contribution in [0.15, 0.2) is 18.3 Å². The molecule has 0 radical (unpaired) electrons. The topological polar surface area (TPSA) is 37.2 Å². The molecule has 1 unspecified atom stereocenters. The van der Waals surface area contributed by atoms with Gasteiger partial charge in [0.05, 0.1) is 0 Å². The van der Waals surface area contributed by atoms with Crippen LogP contribution in [0.3, 0.4) is 0 Å². The molecule has 124 valence electrons. The Morgan fingerprint density at radius 1 is 1.04 bits per heavy atom. The molecule has 0 bridgehead atoms. The van der Waals surface area contributed by atoms with E-state index in [4.69, 9.17) is 4.98 Å². The third-order valence-corrected chi connectivity index (χ3v) is 5.52. The van der Waals surface area contributed by atoms with E-state index in [0.717, 1.165) is 17.7 Å². The summed E-state index contributed by atoms with van der Waals surface area (Å²) < 4.78 is 2.49. The van der Waals surface area contributed by atoms with Crippen LogP contribution in [0.1, 0.15) is 43.5 Å². The molecule has 0 aromatic carbocycles. The predicted octanol–water partition coefficient (Wildman–Crippen LogP) is 2.51. The number of aromatic nitrogens is 3. The molecule has 0 amide bonds. The van der Waals surface area contributed by atoms with Crippen molar-refractivity contribution in [2.24, 2.45) is 0 Å². The largest absolute Gasteiger partial charge is 0.308 e. The number of likely N-dealkylation sites (N-methyl/N-ethyl adjacent to an activating group) is 1. The zero-order chi connectivity index (χ0) is 15.8. The summed E-state index contributed by atoms with van der Waals surface area (Å²) >= 11 is 0. The van der Waals surface area contributed by atoms with Gasteiger partial charge in [-0.25, -0.2) is 9.97 Å². The van der Waals surface area contributed by atoms with Gasteiger partial charge < -0.3 is 14.4 Å². The van der Waals surface area contributed by atoms with Crippen molar-refractivity contribution in [3.8, 4) is 0 Å². The van der Waals surface area contributed by atoms with E-state index in [1.165, 1.54) is 51.1 Å². The van der Waals surface area contributed by atoms with Gasteiger partial charge in [0.1, 0.15) is 11.3 Å². The number of rotatable bonds is 2. The molecule has 4 heterocycles. The van der Waals surface area contributed by atoms with Crippen LogP contribution in [0.25, 0.3) is 11.2 Å². The number of hydrogen-bond donors (Lipinski definition) is 0. The standard InChI is InChI=1S/C18H27N5/c1-21-11-7-14(8-12-21)17-20-16-6-3-9-19-18(16)23(17)15-5-4-10-22(2)13-15/h3,6,9,14-15H,4-5,7-8,10-13H2,1-2H3. The van der Waals surface area contributed by atoms with Crippen LogP contribution < -0.4 is 0 Å². The fourth-order valence-corrected chi connectivity index (χ4v) is 4.21. The summed E-state index contributed by atoms with van der Waals surface area (Å²) in [5.41, 5.74) is 2.15. The van der Waals surface area contributed by atoms with E-state index in [2.05, 4.69) is 39.5 Å². The van der Waals surface area contributed by atoms with Crippen molar-refractivity contribution in [1.29, 1.82) is 0 Å². The molecule has 4 rings (SSSR count). The average molecular weight is 313 g/mol. The molecule has 0 spiro atoms. The molecule has 2 fully saturated rings. The number of likely N-dealkylation sites (tertiary alicyclic amines) is 2. The lowest BCUT2D eigenvalue weighted by Crippen LogP contribution is -2.35. The Hall–Kier alpha value is -1.46. The van der Waals surface area contributed by atoms with E-state index >= 15 is 0 Å². The lowest BCUT2D eigenvalue weighted by atomic mass is 9.95. The Kier molecular flexibility index (Phi) is 4.07. The van der Waals surface area contributed by atoms with Gasteiger partial charge in [0.25, 0.3) is 0 Å². The molecule has 23 heavy (non-hydrogen) atoms. The van der Waals surface area contributed by atoms with Gasteiger partial charge in [-0.1, -0.05) is 0 Å². The van der Waals surface area contributed by atoms with Crippen molar-refractivity contribution >= 4 is 11.2 Å². The number of hydrogen-bond acceptors (Lipinski definition) is 4. The number of imidazole rings is 1. The highest BCUT2D eigenvalue weighted by atomic mass is 15.2. The first-order chi connectivity index (χ1) is 11.2. The molecule has 1 atom stereocenters. The van der Waals surface area contributed by atoms with Gasteiger partial charge >= 0.3 is 0 Å². The first-order valence-electron chi connectivity index (χ1n) is 8.92. The molecule has 2 aromatic rings. The second-order valence-electron chi connectivity index (χ2n) is 7.32. The van der Waals surface area contributed by atoms with Crippen LogP contribution in [-0.4, -0.2) is 64.6 Å². The van der Waals surface area contributed by atoms with Gasteiger partial charge in [0.15, 0.2) is 5.65 Å². The minimum atomic E-state index is 0.517. The lowest BCUT2D eigenvalue weighted by molar-refractivity contribution is 0.203. The smallest absolute Gasteiger partial charge is 0.160 e. The first-order valence-corrected chi connectivity index (χ1v) is 8.92. The van der Waals surface area contributed by atoms with Crippen molar-refractivity contribution < 1.29 is 0 Å². The number of pyridine rings is 1. The van der Waals surface area contributed by atoms with Gasteiger partial charge in [-0.2, -0.15) is 0 Å². The van der Waals surface area contributed by atoms with Crippen molar-refractivity contribution in [3.63, 3.8) is 0 Å². The third kappa shape index (κ3) is 2.88. The van der Waals surface area contributed by atoms with E-state index in [9.17, 15) is 0 Å². The third-order valence-electron chi connectivity index (χ3n) is 5.52. The summed E-state index contributed by atoms with van der Waals surface area (Å²) in [6.45, 7) is 4.67. The highest BCUT2D eigenvalue weighted by Crippen LogP contribution is 2.33. The molecule has 5 heteroatoms. The Balaban J connectivity index is 1.75. The summed E-state index contributed by atoms with van der Waals surface area (Å²) in [6, 6.07) is 4.64. The minimum Gasteiger partial charge on any atom is -0.308 e. The number of fused-ring (bicyclic) bond motifs is 1. The maximum atomic E-state index is 5.03. The highest BCUT2D eigenvalue weighted by molar-refractivity contribution is 5.71. The molecular weight excluding hydrogens is 286 g/mol. The van der Waals surface area contributed by atoms with E-state index in [-0.39, 0.29) is 0 Å². The summed E-state index contributed by atoms with van der Waals surface area (Å²) in [4.78, 5) is 14.6. The highest BCUT2D eigenvalue weighted by Gasteiger charge is 2.29. The Morgan fingerprint density at radius 2 is 1.87 bits per heavy atom. The normalized spacial score (nSPS) is 25.2. The maximum Gasteiger partial charge on any atom is 0.160 e. The Morgan fingerprint density at radius 3 is 2.65 bits per heavy atom. The lowest BCUT2D eigenvalue weighted by Gasteiger charge is -2.34. The van der Waals surface area contributed by atoms with Crippen LogP contribution in [0.2, 0.25) is 0 Å². The van der Waals surface area contributed by atoms with E-state index in [1.807, 2.05) is 12.3 Å². The zero-order valence-corrected chi connectivity index (χ0v) is 14.3. The first kappa shape index (κ1) is 15.1. The van der Waals surface area contributed by atoms with Crippen molar-refractivity contribution in [1.82, 2.24) is 24.3 Å². The van der Waals surface area contributed by atoms with Gasteiger partial charge in [0, 0.05) is 24.7 Å². The number of nitrogens with zero attached hydrogens (tertiary/aromatic N) is 5. The molecule has 2 aromatic heterocycles. The Bertz CT molecular complexity index is 671. The zero-order valence-electron chi connectivity index (χ0n) is 14.3. The molecule has 0 saturated carbocycles. The summed E-state index contributed by atoms with van der Waals surface area (Å²) in [7, 11) is 4.45. The van der Waals surface area contributed by atoms with Crippen molar-refractivity contribution in [3.05, 3.63) is 24.2 Å². The summed E-state index contributed by atoms with van der Waals surface area (Å²) in [5, 5.41) is 0. The predicted molar refractivity (Wildman–Crippen MR) is 92.8 cm³/mol. The van der Waals surface area contributed by atoms with Gasteiger partial charge in [-0.15, -0.1) is 0 Å². The van der Waals surface area contributed by atoms with Gasteiger partial charge in [0.2, 0.25) is 0 Å². The molecule has 2 aliphatic heterocycles. The fraction of sp³-hybridized carbons (Fsp3) is 0.667. The molecular formula is C18H27N5. The molecule has 0 N–H and O–H groups in total. The molecule has 0 aliphatic carbocycles. The second-order valence-corrected chi connectivity index (χ2v) is 7.32. The van der Waals surface area contributed by atoms with Crippen molar-refractivity contribution in [2.75, 3.05) is 40.3 Å². The van der Waals surface area contributed by atoms with E-state index < -0.39 is 0 Å². The number of piperidine rings is 2. The van der Waals surface area contributed by atoms with Crippen LogP contribution in [0.5, 0.6) is 0 Å². The van der Waals surface area contributed by atoms with Gasteiger partial charge in [-0.05, 0) is 71.5 Å². The SMILES string of the molecule is CN1CCC(c2nc3cccnc3n2C2CCCN(C)C2)CC1. The average Bonchev–Trinajstić information content (AvgIpc) is 2.95. The van der Waals surface area contributed by atoms with Crippen LogP contribution >= 0.6 is 0 Å². The summed E-state index contributed by atoms with van der Waals surface area (Å²) in [5.74, 6) is 1.86. The molecule has 5 nitrogen and oxygen atoms in total. The van der Waals surface area contributed by atoms with Crippen molar-refractivity contribution in [2.45, 2.75) is 37.6 Å². The second kappa shape index (κ2) is 6.21. The molecule has 2 aliphatic rings.